The summed E-state index contributed by atoms with van der Waals surface area (Å²) in [5.41, 5.74) is 4.91. The maximum atomic E-state index is 14.7. The van der Waals surface area contributed by atoms with Crippen molar-refractivity contribution in [2.45, 2.75) is 20.8 Å². The van der Waals surface area contributed by atoms with E-state index in [4.69, 9.17) is 4.42 Å². The molecule has 0 unspecified atom stereocenters. The van der Waals surface area contributed by atoms with Gasteiger partial charge in [-0.15, -0.1) is 0 Å². The first-order chi connectivity index (χ1) is 11.9. The normalized spacial score (nSPS) is 11.6. The molecule has 0 fully saturated rings. The lowest BCUT2D eigenvalue weighted by molar-refractivity contribution is -0.660. The molecule has 0 amide bonds. The summed E-state index contributed by atoms with van der Waals surface area (Å²) in [4.78, 5) is 0. The molecule has 2 aromatic carbocycles. The second-order valence-electron chi connectivity index (χ2n) is 6.61. The molecule has 0 aliphatic heterocycles. The molecule has 25 heavy (non-hydrogen) atoms. The van der Waals surface area contributed by atoms with Crippen molar-refractivity contribution in [3.05, 3.63) is 64.9 Å². The molecular formula is C21H18F2NO+. The Morgan fingerprint density at radius 1 is 0.920 bits per heavy atom. The summed E-state index contributed by atoms with van der Waals surface area (Å²) in [5.74, 6) is -0.707. The molecule has 4 heteroatoms. The molecule has 0 bridgehead atoms. The van der Waals surface area contributed by atoms with Crippen molar-refractivity contribution in [1.82, 2.24) is 0 Å². The third kappa shape index (κ3) is 2.24. The standard InChI is InChI=1S/C21H18F2NO/c1-11-5-8-17(24(4)10-11)18-12(2)9-16(23)19-14-6-7-15(22)13(3)20(14)25-21(18)19/h5-10H,1-4H3/q+1. The van der Waals surface area contributed by atoms with Crippen LogP contribution in [-0.4, -0.2) is 0 Å². The predicted molar refractivity (Wildman–Crippen MR) is 94.5 cm³/mol. The molecule has 4 aromatic rings. The minimum atomic E-state index is -0.355. The maximum absolute atomic E-state index is 14.7. The summed E-state index contributed by atoms with van der Waals surface area (Å²) in [7, 11) is 1.95. The highest BCUT2D eigenvalue weighted by atomic mass is 19.1. The number of aryl methyl sites for hydroxylation is 4. The van der Waals surface area contributed by atoms with Gasteiger partial charge in [-0.05, 0) is 50.6 Å². The van der Waals surface area contributed by atoms with Crippen LogP contribution in [0.4, 0.5) is 8.78 Å². The second kappa shape index (κ2) is 5.38. The van der Waals surface area contributed by atoms with Gasteiger partial charge >= 0.3 is 0 Å². The fourth-order valence-corrected chi connectivity index (χ4v) is 3.52. The van der Waals surface area contributed by atoms with E-state index < -0.39 is 0 Å². The van der Waals surface area contributed by atoms with E-state index in [1.807, 2.05) is 43.8 Å². The second-order valence-corrected chi connectivity index (χ2v) is 6.61. The summed E-state index contributed by atoms with van der Waals surface area (Å²) >= 11 is 0. The Balaban J connectivity index is 2.20. The van der Waals surface area contributed by atoms with Crippen LogP contribution < -0.4 is 4.57 Å². The zero-order valence-electron chi connectivity index (χ0n) is 14.6. The van der Waals surface area contributed by atoms with Gasteiger partial charge in [0.25, 0.3) is 0 Å². The highest BCUT2D eigenvalue weighted by Gasteiger charge is 2.24. The van der Waals surface area contributed by atoms with Crippen molar-refractivity contribution < 1.29 is 17.8 Å². The third-order valence-corrected chi connectivity index (χ3v) is 4.78. The minimum absolute atomic E-state index is 0.351. The molecule has 0 saturated heterocycles. The molecule has 0 spiro atoms. The Bertz CT molecular complexity index is 1160. The van der Waals surface area contributed by atoms with Crippen LogP contribution in [0.1, 0.15) is 16.7 Å². The van der Waals surface area contributed by atoms with Crippen molar-refractivity contribution in [2.24, 2.45) is 7.05 Å². The van der Waals surface area contributed by atoms with Crippen LogP contribution in [0, 0.1) is 32.4 Å². The Morgan fingerprint density at radius 3 is 2.40 bits per heavy atom. The first kappa shape index (κ1) is 15.8. The summed E-state index contributed by atoms with van der Waals surface area (Å²) in [6.07, 6.45) is 2.01. The molecule has 2 aromatic heterocycles. The Kier molecular flexibility index (Phi) is 3.39. The molecule has 2 nitrogen and oxygen atoms in total. The number of aromatic nitrogens is 1. The molecule has 4 rings (SSSR count). The summed E-state index contributed by atoms with van der Waals surface area (Å²) < 4.78 is 36.7. The average Bonchev–Trinajstić information content (AvgIpc) is 2.93. The number of hydrogen-bond donors (Lipinski definition) is 0. The first-order valence-electron chi connectivity index (χ1n) is 8.15. The molecule has 0 atom stereocenters. The van der Waals surface area contributed by atoms with Crippen molar-refractivity contribution in [2.75, 3.05) is 0 Å². The largest absolute Gasteiger partial charge is 0.455 e. The van der Waals surface area contributed by atoms with E-state index in [0.29, 0.717) is 27.5 Å². The number of furan rings is 1. The first-order valence-corrected chi connectivity index (χ1v) is 8.15. The van der Waals surface area contributed by atoms with E-state index in [-0.39, 0.29) is 11.6 Å². The zero-order valence-corrected chi connectivity index (χ0v) is 14.6. The minimum Gasteiger partial charge on any atom is -0.455 e. The van der Waals surface area contributed by atoms with E-state index in [1.54, 1.807) is 13.0 Å². The van der Waals surface area contributed by atoms with Crippen molar-refractivity contribution in [1.29, 1.82) is 0 Å². The quantitative estimate of drug-likeness (QED) is 0.432. The Hall–Kier alpha value is -2.75. The smallest absolute Gasteiger partial charge is 0.216 e. The van der Waals surface area contributed by atoms with Crippen LogP contribution in [0.5, 0.6) is 0 Å². The van der Waals surface area contributed by atoms with Crippen LogP contribution in [0.3, 0.4) is 0 Å². The fourth-order valence-electron chi connectivity index (χ4n) is 3.52. The van der Waals surface area contributed by atoms with Gasteiger partial charge in [0.15, 0.2) is 11.8 Å². The Morgan fingerprint density at radius 2 is 1.68 bits per heavy atom. The van der Waals surface area contributed by atoms with E-state index in [0.717, 1.165) is 22.4 Å². The van der Waals surface area contributed by atoms with Gasteiger partial charge < -0.3 is 4.42 Å². The van der Waals surface area contributed by atoms with E-state index in [1.165, 1.54) is 12.1 Å². The molecule has 0 saturated carbocycles. The topological polar surface area (TPSA) is 17.0 Å². The van der Waals surface area contributed by atoms with Crippen LogP contribution >= 0.6 is 0 Å². The predicted octanol–water partition coefficient (Wildman–Crippen LogP) is 5.28. The number of nitrogens with zero attached hydrogens (tertiary/aromatic N) is 1. The lowest BCUT2D eigenvalue weighted by Crippen LogP contribution is -2.31. The molecular weight excluding hydrogens is 320 g/mol. The van der Waals surface area contributed by atoms with Gasteiger partial charge in [0.05, 0.1) is 10.9 Å². The van der Waals surface area contributed by atoms with Crippen LogP contribution in [0.2, 0.25) is 0 Å². The number of pyridine rings is 1. The van der Waals surface area contributed by atoms with Gasteiger partial charge in [-0.2, -0.15) is 0 Å². The van der Waals surface area contributed by atoms with Crippen molar-refractivity contribution >= 4 is 21.9 Å². The Labute approximate surface area is 144 Å². The van der Waals surface area contributed by atoms with Gasteiger partial charge in [0, 0.05) is 22.6 Å². The number of halogens is 2. The van der Waals surface area contributed by atoms with Gasteiger partial charge in [-0.1, -0.05) is 0 Å². The van der Waals surface area contributed by atoms with Gasteiger partial charge in [-0.25, -0.2) is 13.3 Å². The van der Waals surface area contributed by atoms with Crippen molar-refractivity contribution in [3.8, 4) is 11.3 Å². The maximum Gasteiger partial charge on any atom is 0.216 e. The summed E-state index contributed by atoms with van der Waals surface area (Å²) in [6.45, 7) is 5.53. The molecule has 126 valence electrons. The number of benzene rings is 2. The van der Waals surface area contributed by atoms with Crippen LogP contribution in [-0.2, 0) is 7.05 Å². The highest BCUT2D eigenvalue weighted by molar-refractivity contribution is 6.10. The number of fused-ring (bicyclic) bond motifs is 3. The van der Waals surface area contributed by atoms with E-state index in [9.17, 15) is 8.78 Å². The van der Waals surface area contributed by atoms with E-state index >= 15 is 0 Å². The monoisotopic (exact) mass is 338 g/mol. The van der Waals surface area contributed by atoms with Gasteiger partial charge in [0.1, 0.15) is 24.3 Å². The lowest BCUT2D eigenvalue weighted by Gasteiger charge is -2.06. The van der Waals surface area contributed by atoms with Gasteiger partial charge in [-0.3, -0.25) is 0 Å². The SMILES string of the molecule is Cc1ccc(-c2c(C)cc(F)c3c2oc2c(C)c(F)ccc23)[n+](C)c1. The molecule has 0 radical (unpaired) electrons. The highest BCUT2D eigenvalue weighted by Crippen LogP contribution is 2.39. The van der Waals surface area contributed by atoms with Gasteiger partial charge in [0.2, 0.25) is 5.69 Å². The molecule has 0 aliphatic carbocycles. The average molecular weight is 338 g/mol. The number of hydrogen-bond acceptors (Lipinski definition) is 1. The molecule has 0 aliphatic rings. The van der Waals surface area contributed by atoms with Crippen molar-refractivity contribution in [3.63, 3.8) is 0 Å². The zero-order chi connectivity index (χ0) is 17.9. The summed E-state index contributed by atoms with van der Waals surface area (Å²) in [6, 6.07) is 8.47. The van der Waals surface area contributed by atoms with Crippen LogP contribution in [0.15, 0.2) is 40.9 Å². The molecule has 2 heterocycles. The lowest BCUT2D eigenvalue weighted by atomic mass is 9.99. The summed E-state index contributed by atoms with van der Waals surface area (Å²) in [5, 5.41) is 1.00. The molecule has 0 N–H and O–H groups in total. The number of rotatable bonds is 1. The van der Waals surface area contributed by atoms with Crippen LogP contribution in [0.25, 0.3) is 33.2 Å². The third-order valence-electron chi connectivity index (χ3n) is 4.78. The van der Waals surface area contributed by atoms with E-state index in [2.05, 4.69) is 0 Å². The fraction of sp³-hybridized carbons (Fsp3) is 0.190.